The van der Waals surface area contributed by atoms with Crippen molar-refractivity contribution in [2.45, 2.75) is 20.8 Å². The number of benzene rings is 2. The van der Waals surface area contributed by atoms with E-state index in [1.54, 1.807) is 43.3 Å². The van der Waals surface area contributed by atoms with Crippen LogP contribution in [0.2, 0.25) is 0 Å². The topological polar surface area (TPSA) is 51.2 Å². The molecule has 3 nitrogen and oxygen atoms in total. The maximum atomic E-state index is 12.6. The van der Waals surface area contributed by atoms with E-state index < -0.39 is 0 Å². The molecule has 0 atom stereocenters. The molecule has 0 aliphatic rings. The Morgan fingerprint density at radius 2 is 1.38 bits per heavy atom. The molecule has 0 amide bonds. The molecule has 0 aliphatic heterocycles. The lowest BCUT2D eigenvalue weighted by atomic mass is 9.89. The van der Waals surface area contributed by atoms with Crippen molar-refractivity contribution >= 4 is 17.3 Å². The van der Waals surface area contributed by atoms with Gasteiger partial charge in [0, 0.05) is 22.3 Å². The van der Waals surface area contributed by atoms with E-state index in [4.69, 9.17) is 0 Å². The minimum absolute atomic E-state index is 0.210. The van der Waals surface area contributed by atoms with Crippen molar-refractivity contribution in [3.63, 3.8) is 0 Å². The first-order chi connectivity index (χ1) is 9.91. The number of Topliss-reactive ketones (excluding diaryl/α,β-unsaturated/α-hetero) is 2. The summed E-state index contributed by atoms with van der Waals surface area (Å²) in [5.41, 5.74) is 2.09. The van der Waals surface area contributed by atoms with Gasteiger partial charge in [-0.2, -0.15) is 0 Å². The van der Waals surface area contributed by atoms with Crippen LogP contribution in [0.3, 0.4) is 0 Å². The third-order valence-corrected chi connectivity index (χ3v) is 3.29. The molecule has 0 fully saturated rings. The third kappa shape index (κ3) is 2.97. The standard InChI is InChI=1S/C18H16O3/c1-11-9-15(12(2)19)17(13(3)20)16(10-11)18(21)14-7-5-4-6-8-14/h4-10H,1-3H3. The first-order valence-corrected chi connectivity index (χ1v) is 6.68. The molecule has 0 bridgehead atoms. The van der Waals surface area contributed by atoms with Crippen molar-refractivity contribution in [1.82, 2.24) is 0 Å². The fourth-order valence-corrected chi connectivity index (χ4v) is 2.37. The van der Waals surface area contributed by atoms with Crippen LogP contribution in [0.1, 0.15) is 56.0 Å². The van der Waals surface area contributed by atoms with E-state index in [2.05, 4.69) is 0 Å². The normalized spacial score (nSPS) is 10.2. The van der Waals surface area contributed by atoms with Gasteiger partial charge in [0.2, 0.25) is 0 Å². The number of ketones is 3. The molecule has 2 rings (SSSR count). The predicted molar refractivity (Wildman–Crippen MR) is 81.1 cm³/mol. The Kier molecular flexibility index (Phi) is 4.13. The maximum Gasteiger partial charge on any atom is 0.193 e. The lowest BCUT2D eigenvalue weighted by molar-refractivity contribution is 0.0972. The van der Waals surface area contributed by atoms with Crippen LogP contribution >= 0.6 is 0 Å². The molecule has 0 N–H and O–H groups in total. The molecule has 2 aromatic carbocycles. The summed E-state index contributed by atoms with van der Waals surface area (Å²) in [5.74, 6) is -0.738. The highest BCUT2D eigenvalue weighted by atomic mass is 16.1. The van der Waals surface area contributed by atoms with Crippen LogP contribution in [0.25, 0.3) is 0 Å². The SMILES string of the molecule is CC(=O)c1cc(C)cc(C(=O)c2ccccc2)c1C(C)=O. The van der Waals surface area contributed by atoms with Crippen molar-refractivity contribution in [3.05, 3.63) is 70.3 Å². The molecule has 2 aromatic rings. The summed E-state index contributed by atoms with van der Waals surface area (Å²) in [6.07, 6.45) is 0. The molecule has 0 radical (unpaired) electrons. The van der Waals surface area contributed by atoms with Gasteiger partial charge in [-0.15, -0.1) is 0 Å². The monoisotopic (exact) mass is 280 g/mol. The maximum absolute atomic E-state index is 12.6. The van der Waals surface area contributed by atoms with Gasteiger partial charge in [0.1, 0.15) is 0 Å². The summed E-state index contributed by atoms with van der Waals surface area (Å²) in [6, 6.07) is 12.1. The molecule has 0 aliphatic carbocycles. The fraction of sp³-hybridized carbons (Fsp3) is 0.167. The molecule has 21 heavy (non-hydrogen) atoms. The Labute approximate surface area is 123 Å². The average Bonchev–Trinajstić information content (AvgIpc) is 2.46. The molecule has 0 unspecified atom stereocenters. The van der Waals surface area contributed by atoms with Crippen molar-refractivity contribution in [2.75, 3.05) is 0 Å². The molecule has 3 heteroatoms. The lowest BCUT2D eigenvalue weighted by Crippen LogP contribution is -2.14. The van der Waals surface area contributed by atoms with Gasteiger partial charge in [0.25, 0.3) is 0 Å². The number of carbonyl (C=O) groups excluding carboxylic acids is 3. The highest BCUT2D eigenvalue weighted by molar-refractivity contribution is 6.19. The van der Waals surface area contributed by atoms with Gasteiger partial charge < -0.3 is 0 Å². The molecule has 0 heterocycles. The number of carbonyl (C=O) groups is 3. The second kappa shape index (κ2) is 5.83. The summed E-state index contributed by atoms with van der Waals surface area (Å²) in [7, 11) is 0. The zero-order valence-corrected chi connectivity index (χ0v) is 12.3. The molecule has 106 valence electrons. The van der Waals surface area contributed by atoms with Gasteiger partial charge in [-0.25, -0.2) is 0 Å². The average molecular weight is 280 g/mol. The summed E-state index contributed by atoms with van der Waals surface area (Å²) >= 11 is 0. The number of rotatable bonds is 4. The van der Waals surface area contributed by atoms with E-state index in [9.17, 15) is 14.4 Å². The van der Waals surface area contributed by atoms with Crippen LogP contribution in [0.5, 0.6) is 0 Å². The van der Waals surface area contributed by atoms with Crippen LogP contribution in [0.4, 0.5) is 0 Å². The minimum Gasteiger partial charge on any atom is -0.294 e. The Morgan fingerprint density at radius 1 is 0.810 bits per heavy atom. The quantitative estimate of drug-likeness (QED) is 0.803. The van der Waals surface area contributed by atoms with Crippen molar-refractivity contribution in [3.8, 4) is 0 Å². The Morgan fingerprint density at radius 3 is 1.90 bits per heavy atom. The Balaban J connectivity index is 2.71. The first kappa shape index (κ1) is 14.9. The van der Waals surface area contributed by atoms with Crippen LogP contribution < -0.4 is 0 Å². The van der Waals surface area contributed by atoms with Crippen molar-refractivity contribution in [2.24, 2.45) is 0 Å². The van der Waals surface area contributed by atoms with Crippen LogP contribution in [0, 0.1) is 6.92 Å². The fourth-order valence-electron chi connectivity index (χ4n) is 2.37. The number of hydrogen-bond donors (Lipinski definition) is 0. The zero-order valence-electron chi connectivity index (χ0n) is 12.3. The van der Waals surface area contributed by atoms with Crippen molar-refractivity contribution < 1.29 is 14.4 Å². The van der Waals surface area contributed by atoms with Crippen LogP contribution in [-0.2, 0) is 0 Å². The van der Waals surface area contributed by atoms with Gasteiger partial charge in [0.15, 0.2) is 17.3 Å². The molecular formula is C18H16O3. The third-order valence-electron chi connectivity index (χ3n) is 3.29. The first-order valence-electron chi connectivity index (χ1n) is 6.68. The summed E-state index contributed by atoms with van der Waals surface area (Å²) in [5, 5.41) is 0. The summed E-state index contributed by atoms with van der Waals surface area (Å²) in [6.45, 7) is 4.58. The molecule has 0 aromatic heterocycles. The Bertz CT molecular complexity index is 728. The van der Waals surface area contributed by atoms with E-state index in [1.165, 1.54) is 13.8 Å². The van der Waals surface area contributed by atoms with E-state index in [0.29, 0.717) is 16.7 Å². The zero-order chi connectivity index (χ0) is 15.6. The highest BCUT2D eigenvalue weighted by Crippen LogP contribution is 2.22. The van der Waals surface area contributed by atoms with Crippen LogP contribution in [0.15, 0.2) is 42.5 Å². The summed E-state index contributed by atoms with van der Waals surface area (Å²) in [4.78, 5) is 36.3. The van der Waals surface area contributed by atoms with E-state index in [-0.39, 0.29) is 22.9 Å². The summed E-state index contributed by atoms with van der Waals surface area (Å²) < 4.78 is 0. The van der Waals surface area contributed by atoms with Crippen molar-refractivity contribution in [1.29, 1.82) is 0 Å². The van der Waals surface area contributed by atoms with E-state index in [0.717, 1.165) is 5.56 Å². The largest absolute Gasteiger partial charge is 0.294 e. The number of hydrogen-bond acceptors (Lipinski definition) is 3. The lowest BCUT2D eigenvalue weighted by Gasteiger charge is -2.12. The van der Waals surface area contributed by atoms with Gasteiger partial charge in [-0.3, -0.25) is 14.4 Å². The van der Waals surface area contributed by atoms with E-state index >= 15 is 0 Å². The van der Waals surface area contributed by atoms with Gasteiger partial charge in [0.05, 0.1) is 0 Å². The molecular weight excluding hydrogens is 264 g/mol. The van der Waals surface area contributed by atoms with Gasteiger partial charge >= 0.3 is 0 Å². The molecule has 0 spiro atoms. The second-order valence-corrected chi connectivity index (χ2v) is 5.04. The minimum atomic E-state index is -0.278. The molecule has 0 saturated heterocycles. The highest BCUT2D eigenvalue weighted by Gasteiger charge is 2.22. The predicted octanol–water partition coefficient (Wildman–Crippen LogP) is 3.63. The number of aryl methyl sites for hydroxylation is 1. The molecule has 0 saturated carbocycles. The Hall–Kier alpha value is -2.55. The van der Waals surface area contributed by atoms with Gasteiger partial charge in [-0.05, 0) is 38.5 Å². The second-order valence-electron chi connectivity index (χ2n) is 5.04. The van der Waals surface area contributed by atoms with E-state index in [1.807, 2.05) is 6.07 Å². The smallest absolute Gasteiger partial charge is 0.193 e. The van der Waals surface area contributed by atoms with Crippen LogP contribution in [-0.4, -0.2) is 17.3 Å². The van der Waals surface area contributed by atoms with Gasteiger partial charge in [-0.1, -0.05) is 30.3 Å².